The third-order valence-corrected chi connectivity index (χ3v) is 19.5. The minimum atomic E-state index is -1.79. The Labute approximate surface area is 143 Å². The summed E-state index contributed by atoms with van der Waals surface area (Å²) in [6.07, 6.45) is 0. The molecular formula is C19H44OSi2. The number of hydrogen-bond donors (Lipinski definition) is 0. The maximum atomic E-state index is 7.52. The Bertz CT molecular complexity index is 290. The molecule has 0 fully saturated rings. The van der Waals surface area contributed by atoms with Gasteiger partial charge in [-0.05, 0) is 39.7 Å². The van der Waals surface area contributed by atoms with Crippen molar-refractivity contribution in [3.63, 3.8) is 0 Å². The van der Waals surface area contributed by atoms with Crippen LogP contribution < -0.4 is 0 Å². The Balaban J connectivity index is 6.04. The van der Waals surface area contributed by atoms with Crippen molar-refractivity contribution in [1.29, 1.82) is 0 Å². The predicted octanol–water partition coefficient (Wildman–Crippen LogP) is 7.60. The van der Waals surface area contributed by atoms with Gasteiger partial charge in [-0.15, -0.1) is 0 Å². The summed E-state index contributed by atoms with van der Waals surface area (Å²) in [6, 6.07) is 1.31. The van der Waals surface area contributed by atoms with Gasteiger partial charge in [-0.3, -0.25) is 0 Å². The molecule has 0 aromatic heterocycles. The van der Waals surface area contributed by atoms with Gasteiger partial charge in [0.15, 0.2) is 16.6 Å². The van der Waals surface area contributed by atoms with E-state index in [1.54, 1.807) is 0 Å². The first kappa shape index (κ1) is 22.4. The first-order valence-electron chi connectivity index (χ1n) is 9.54. The van der Waals surface area contributed by atoms with Gasteiger partial charge in [0.05, 0.1) is 0 Å². The molecule has 0 radical (unpaired) electrons. The summed E-state index contributed by atoms with van der Waals surface area (Å²) in [5, 5.41) is 0. The zero-order valence-electron chi connectivity index (χ0n) is 17.6. The molecule has 3 heteroatoms. The van der Waals surface area contributed by atoms with Crippen molar-refractivity contribution in [3.05, 3.63) is 0 Å². The second-order valence-electron chi connectivity index (χ2n) is 9.28. The fourth-order valence-electron chi connectivity index (χ4n) is 4.74. The van der Waals surface area contributed by atoms with Crippen molar-refractivity contribution in [2.75, 3.05) is 0 Å². The molecule has 0 spiro atoms. The normalized spacial score (nSPS) is 14.5. The molecule has 22 heavy (non-hydrogen) atoms. The molecule has 0 atom stereocenters. The maximum absolute atomic E-state index is 7.52. The summed E-state index contributed by atoms with van der Waals surface area (Å²) in [5.41, 5.74) is 3.44. The summed E-state index contributed by atoms with van der Waals surface area (Å²) in [7, 11) is -3.57. The van der Waals surface area contributed by atoms with Crippen molar-refractivity contribution in [2.45, 2.75) is 117 Å². The monoisotopic (exact) mass is 344 g/mol. The van der Waals surface area contributed by atoms with E-state index in [4.69, 9.17) is 4.12 Å². The first-order valence-corrected chi connectivity index (χ1v) is 14.0. The average Bonchev–Trinajstić information content (AvgIpc) is 2.31. The minimum Gasteiger partial charge on any atom is -0.454 e. The zero-order chi connectivity index (χ0) is 17.9. The van der Waals surface area contributed by atoms with Gasteiger partial charge in [0, 0.05) is 0 Å². The third-order valence-electron chi connectivity index (χ3n) is 5.76. The van der Waals surface area contributed by atoms with Crippen LogP contribution >= 0.6 is 0 Å². The van der Waals surface area contributed by atoms with E-state index in [-0.39, 0.29) is 0 Å². The molecule has 0 aliphatic carbocycles. The quantitative estimate of drug-likeness (QED) is 0.391. The van der Waals surface area contributed by atoms with Crippen LogP contribution in [0.3, 0.4) is 0 Å². The number of hydrogen-bond acceptors (Lipinski definition) is 1. The van der Waals surface area contributed by atoms with Gasteiger partial charge < -0.3 is 4.12 Å². The summed E-state index contributed by atoms with van der Waals surface area (Å²) < 4.78 is 7.52. The van der Waals surface area contributed by atoms with Gasteiger partial charge in [-0.25, -0.2) is 0 Å². The van der Waals surface area contributed by atoms with Gasteiger partial charge in [0.1, 0.15) is 0 Å². The molecule has 0 saturated heterocycles. The largest absolute Gasteiger partial charge is 0.454 e. The zero-order valence-corrected chi connectivity index (χ0v) is 19.6. The Morgan fingerprint density at radius 1 is 0.545 bits per heavy atom. The highest BCUT2D eigenvalue weighted by molar-refractivity contribution is 6.90. The summed E-state index contributed by atoms with van der Waals surface area (Å²) in [6.45, 7) is 29.0. The van der Waals surface area contributed by atoms with Gasteiger partial charge in [-0.2, -0.15) is 0 Å². The first-order chi connectivity index (χ1) is 9.84. The van der Waals surface area contributed by atoms with Crippen LogP contribution in [0.1, 0.15) is 83.1 Å². The van der Waals surface area contributed by atoms with E-state index in [0.717, 1.165) is 5.92 Å². The van der Waals surface area contributed by atoms with E-state index in [1.165, 1.54) is 6.04 Å². The van der Waals surface area contributed by atoms with E-state index in [9.17, 15) is 0 Å². The van der Waals surface area contributed by atoms with Crippen LogP contribution in [-0.4, -0.2) is 16.6 Å². The van der Waals surface area contributed by atoms with E-state index < -0.39 is 16.6 Å². The summed E-state index contributed by atoms with van der Waals surface area (Å²) >= 11 is 0. The lowest BCUT2D eigenvalue weighted by atomic mass is 10.3. The molecule has 0 heterocycles. The maximum Gasteiger partial charge on any atom is 0.187 e. The highest BCUT2D eigenvalue weighted by Gasteiger charge is 2.53. The predicted molar refractivity (Wildman–Crippen MR) is 108 cm³/mol. The second-order valence-corrected chi connectivity index (χ2v) is 19.9. The fraction of sp³-hybridized carbons (Fsp3) is 1.00. The van der Waals surface area contributed by atoms with E-state index >= 15 is 0 Å². The molecule has 0 bridgehead atoms. The van der Waals surface area contributed by atoms with Crippen LogP contribution in [0.15, 0.2) is 0 Å². The molecule has 0 N–H and O–H groups in total. The van der Waals surface area contributed by atoms with E-state index in [0.29, 0.717) is 27.7 Å². The molecule has 1 nitrogen and oxygen atoms in total. The van der Waals surface area contributed by atoms with Gasteiger partial charge >= 0.3 is 0 Å². The van der Waals surface area contributed by atoms with Gasteiger partial charge in [0.25, 0.3) is 0 Å². The molecule has 0 aliphatic heterocycles. The van der Waals surface area contributed by atoms with E-state index in [2.05, 4.69) is 83.1 Å². The average molecular weight is 345 g/mol. The Kier molecular flexibility index (Phi) is 8.63. The third kappa shape index (κ3) is 4.48. The molecule has 0 aromatic rings. The Morgan fingerprint density at radius 2 is 0.864 bits per heavy atom. The lowest BCUT2D eigenvalue weighted by Crippen LogP contribution is -2.59. The molecule has 134 valence electrons. The van der Waals surface area contributed by atoms with Crippen LogP contribution in [-0.2, 0) is 4.12 Å². The SMILES string of the molecule is CC(C)C[Si](O[Si](C(C)C)(C(C)C)C(C)C)(C(C)C)C(C)C. The fourth-order valence-corrected chi connectivity index (χ4v) is 20.0. The van der Waals surface area contributed by atoms with Crippen LogP contribution in [0.25, 0.3) is 0 Å². The molecule has 0 aromatic carbocycles. The molecular weight excluding hydrogens is 300 g/mol. The molecule has 0 unspecified atom stereocenters. The molecule has 0 rings (SSSR count). The molecule has 0 saturated carbocycles. The van der Waals surface area contributed by atoms with Crippen molar-refractivity contribution in [1.82, 2.24) is 0 Å². The van der Waals surface area contributed by atoms with Crippen LogP contribution in [0, 0.1) is 5.92 Å². The highest BCUT2D eigenvalue weighted by Crippen LogP contribution is 2.50. The lowest BCUT2D eigenvalue weighted by molar-refractivity contribution is 0.426. The summed E-state index contributed by atoms with van der Waals surface area (Å²) in [4.78, 5) is 0. The standard InChI is InChI=1S/C19H44OSi2/c1-14(2)13-21(15(3)4,16(5)6)20-22(17(7)8,18(9)10)19(11)12/h14-19H,13H2,1-12H3. The van der Waals surface area contributed by atoms with Gasteiger partial charge in [-0.1, -0.05) is 83.1 Å². The lowest BCUT2D eigenvalue weighted by Gasteiger charge is -2.52. The Hall–Kier alpha value is 0.394. The van der Waals surface area contributed by atoms with Gasteiger partial charge in [0.2, 0.25) is 0 Å². The summed E-state index contributed by atoms with van der Waals surface area (Å²) in [5.74, 6) is 0.731. The van der Waals surface area contributed by atoms with Crippen molar-refractivity contribution >= 4 is 16.6 Å². The topological polar surface area (TPSA) is 9.23 Å². The van der Waals surface area contributed by atoms with Crippen LogP contribution in [0.4, 0.5) is 0 Å². The molecule has 0 aliphatic rings. The molecule has 0 amide bonds. The van der Waals surface area contributed by atoms with Crippen molar-refractivity contribution < 1.29 is 4.12 Å². The van der Waals surface area contributed by atoms with Crippen molar-refractivity contribution in [3.8, 4) is 0 Å². The minimum absolute atomic E-state index is 0.684. The Morgan fingerprint density at radius 3 is 1.05 bits per heavy atom. The second kappa shape index (κ2) is 8.48. The van der Waals surface area contributed by atoms with Crippen LogP contribution in [0.5, 0.6) is 0 Å². The number of rotatable bonds is 9. The smallest absolute Gasteiger partial charge is 0.187 e. The van der Waals surface area contributed by atoms with E-state index in [1.807, 2.05) is 0 Å². The van der Waals surface area contributed by atoms with Crippen LogP contribution in [0.2, 0.25) is 33.7 Å². The van der Waals surface area contributed by atoms with Crippen molar-refractivity contribution in [2.24, 2.45) is 5.92 Å². The highest BCUT2D eigenvalue weighted by atomic mass is 28.4.